The van der Waals surface area contributed by atoms with Crippen LogP contribution in [0.3, 0.4) is 0 Å². The second kappa shape index (κ2) is 7.18. The van der Waals surface area contributed by atoms with E-state index in [-0.39, 0.29) is 17.6 Å². The average Bonchev–Trinajstić information content (AvgIpc) is 2.48. The first-order valence-electron chi connectivity index (χ1n) is 7.16. The van der Waals surface area contributed by atoms with Crippen molar-refractivity contribution in [2.75, 3.05) is 13.7 Å². The number of aromatic nitrogens is 1. The number of methoxy groups -OCH3 is 1. The highest BCUT2D eigenvalue weighted by Gasteiger charge is 2.16. The van der Waals surface area contributed by atoms with Crippen LogP contribution in [0, 0.1) is 12.7 Å². The number of nitrogens with one attached hydrogen (secondary N) is 1. The molecule has 1 N–H and O–H groups in total. The molecule has 0 aliphatic heterocycles. The summed E-state index contributed by atoms with van der Waals surface area (Å²) >= 11 is 0. The Balaban J connectivity index is 2.37. The van der Waals surface area contributed by atoms with Gasteiger partial charge in [0.05, 0.1) is 18.8 Å². The van der Waals surface area contributed by atoms with Crippen LogP contribution in [-0.2, 0) is 0 Å². The maximum Gasteiger partial charge on any atom is 0.165 e. The van der Waals surface area contributed by atoms with Gasteiger partial charge in [0.15, 0.2) is 11.6 Å². The van der Waals surface area contributed by atoms with Crippen molar-refractivity contribution < 1.29 is 9.13 Å². The fourth-order valence-electron chi connectivity index (χ4n) is 2.27. The fraction of sp³-hybridized carbons (Fsp3) is 0.353. The molecule has 0 saturated carbocycles. The van der Waals surface area contributed by atoms with Crippen molar-refractivity contribution in [3.8, 4) is 5.75 Å². The standard InChI is InChI=1S/C17H21FN2O/c1-4-10-19-17(15-7-5-6-12(2)20-15)13-8-9-16(21-3)14(18)11-13/h5-9,11,17,19H,4,10H2,1-3H3. The third-order valence-electron chi connectivity index (χ3n) is 3.31. The van der Waals surface area contributed by atoms with Gasteiger partial charge in [0.25, 0.3) is 0 Å². The molecule has 21 heavy (non-hydrogen) atoms. The summed E-state index contributed by atoms with van der Waals surface area (Å²) in [6.45, 7) is 4.89. The van der Waals surface area contributed by atoms with Gasteiger partial charge in [-0.05, 0) is 49.7 Å². The van der Waals surface area contributed by atoms with E-state index in [2.05, 4.69) is 17.2 Å². The summed E-state index contributed by atoms with van der Waals surface area (Å²) in [7, 11) is 1.47. The van der Waals surface area contributed by atoms with Crippen LogP contribution in [0.1, 0.15) is 36.3 Å². The molecule has 0 amide bonds. The maximum absolute atomic E-state index is 14.0. The fourth-order valence-corrected chi connectivity index (χ4v) is 2.27. The van der Waals surface area contributed by atoms with Crippen LogP contribution in [0.4, 0.5) is 4.39 Å². The number of hydrogen-bond donors (Lipinski definition) is 1. The second-order valence-corrected chi connectivity index (χ2v) is 4.98. The SMILES string of the molecule is CCCNC(c1ccc(OC)c(F)c1)c1cccc(C)n1. The maximum atomic E-state index is 14.0. The molecule has 2 rings (SSSR count). The van der Waals surface area contributed by atoms with E-state index in [9.17, 15) is 4.39 Å². The Kier molecular flexibility index (Phi) is 5.28. The largest absolute Gasteiger partial charge is 0.494 e. The Bertz CT molecular complexity index is 601. The van der Waals surface area contributed by atoms with E-state index < -0.39 is 0 Å². The monoisotopic (exact) mass is 288 g/mol. The van der Waals surface area contributed by atoms with Crippen LogP contribution in [0.15, 0.2) is 36.4 Å². The number of benzene rings is 1. The molecule has 0 spiro atoms. The zero-order valence-corrected chi connectivity index (χ0v) is 12.7. The van der Waals surface area contributed by atoms with Crippen LogP contribution >= 0.6 is 0 Å². The Labute approximate surface area is 125 Å². The molecule has 1 heterocycles. The molecule has 0 saturated heterocycles. The molecule has 4 heteroatoms. The third kappa shape index (κ3) is 3.79. The molecule has 0 bridgehead atoms. The van der Waals surface area contributed by atoms with Crippen LogP contribution < -0.4 is 10.1 Å². The zero-order chi connectivity index (χ0) is 15.2. The van der Waals surface area contributed by atoms with E-state index >= 15 is 0 Å². The smallest absolute Gasteiger partial charge is 0.165 e. The van der Waals surface area contributed by atoms with E-state index in [4.69, 9.17) is 4.74 Å². The van der Waals surface area contributed by atoms with Crippen molar-refractivity contribution in [3.63, 3.8) is 0 Å². The van der Waals surface area contributed by atoms with Gasteiger partial charge in [-0.1, -0.05) is 19.1 Å². The van der Waals surface area contributed by atoms with Gasteiger partial charge in [-0.15, -0.1) is 0 Å². The van der Waals surface area contributed by atoms with E-state index in [1.54, 1.807) is 6.07 Å². The third-order valence-corrected chi connectivity index (χ3v) is 3.31. The van der Waals surface area contributed by atoms with Gasteiger partial charge in [0.1, 0.15) is 0 Å². The Morgan fingerprint density at radius 1 is 1.29 bits per heavy atom. The molecular formula is C17H21FN2O. The summed E-state index contributed by atoms with van der Waals surface area (Å²) in [6, 6.07) is 10.8. The summed E-state index contributed by atoms with van der Waals surface area (Å²) in [4.78, 5) is 4.56. The van der Waals surface area contributed by atoms with Crippen LogP contribution in [0.25, 0.3) is 0 Å². The van der Waals surface area contributed by atoms with Gasteiger partial charge in [-0.25, -0.2) is 4.39 Å². The number of nitrogens with zero attached hydrogens (tertiary/aromatic N) is 1. The summed E-state index contributed by atoms with van der Waals surface area (Å²) in [5.74, 6) is -0.101. The van der Waals surface area contributed by atoms with Crippen LogP contribution in [-0.4, -0.2) is 18.6 Å². The predicted molar refractivity (Wildman–Crippen MR) is 82.1 cm³/mol. The lowest BCUT2D eigenvalue weighted by Gasteiger charge is -2.19. The minimum Gasteiger partial charge on any atom is -0.494 e. The highest BCUT2D eigenvalue weighted by Crippen LogP contribution is 2.25. The number of hydrogen-bond acceptors (Lipinski definition) is 3. The first-order valence-corrected chi connectivity index (χ1v) is 7.16. The normalized spacial score (nSPS) is 12.2. The molecule has 2 aromatic rings. The van der Waals surface area contributed by atoms with Crippen LogP contribution in [0.5, 0.6) is 5.75 Å². The van der Waals surface area contributed by atoms with E-state index in [1.165, 1.54) is 13.2 Å². The summed E-state index contributed by atoms with van der Waals surface area (Å²) < 4.78 is 18.9. The van der Waals surface area contributed by atoms with Gasteiger partial charge < -0.3 is 10.1 Å². The molecule has 3 nitrogen and oxygen atoms in total. The van der Waals surface area contributed by atoms with Crippen molar-refractivity contribution in [1.82, 2.24) is 10.3 Å². The number of pyridine rings is 1. The Morgan fingerprint density at radius 2 is 2.10 bits per heavy atom. The lowest BCUT2D eigenvalue weighted by atomic mass is 10.0. The Morgan fingerprint density at radius 3 is 2.71 bits per heavy atom. The first-order chi connectivity index (χ1) is 10.2. The summed E-state index contributed by atoms with van der Waals surface area (Å²) in [5, 5.41) is 3.42. The quantitative estimate of drug-likeness (QED) is 0.881. The molecule has 1 atom stereocenters. The first kappa shape index (κ1) is 15.4. The molecule has 0 aliphatic carbocycles. The topological polar surface area (TPSA) is 34.1 Å². The minimum absolute atomic E-state index is 0.120. The molecule has 0 fully saturated rings. The average molecular weight is 288 g/mol. The lowest BCUT2D eigenvalue weighted by molar-refractivity contribution is 0.385. The predicted octanol–water partition coefficient (Wildman–Crippen LogP) is 3.63. The number of ether oxygens (including phenoxy) is 1. The molecule has 1 aromatic carbocycles. The number of aryl methyl sites for hydroxylation is 1. The van der Waals surface area contributed by atoms with Crippen molar-refractivity contribution in [2.24, 2.45) is 0 Å². The lowest BCUT2D eigenvalue weighted by Crippen LogP contribution is -2.24. The summed E-state index contributed by atoms with van der Waals surface area (Å²) in [6.07, 6.45) is 1.00. The minimum atomic E-state index is -0.356. The molecule has 1 aromatic heterocycles. The van der Waals surface area contributed by atoms with Crippen LogP contribution in [0.2, 0.25) is 0 Å². The van der Waals surface area contributed by atoms with Gasteiger partial charge in [-0.2, -0.15) is 0 Å². The zero-order valence-electron chi connectivity index (χ0n) is 12.7. The highest BCUT2D eigenvalue weighted by atomic mass is 19.1. The number of halogens is 1. The summed E-state index contributed by atoms with van der Waals surface area (Å²) in [5.41, 5.74) is 2.69. The molecule has 1 unspecified atom stereocenters. The van der Waals surface area contributed by atoms with Crippen molar-refractivity contribution in [2.45, 2.75) is 26.3 Å². The molecular weight excluding hydrogens is 267 g/mol. The van der Waals surface area contributed by atoms with Crippen molar-refractivity contribution in [1.29, 1.82) is 0 Å². The second-order valence-electron chi connectivity index (χ2n) is 4.98. The van der Waals surface area contributed by atoms with Gasteiger partial charge in [-0.3, -0.25) is 4.98 Å². The number of rotatable bonds is 6. The highest BCUT2D eigenvalue weighted by molar-refractivity contribution is 5.35. The Hall–Kier alpha value is -1.94. The van der Waals surface area contributed by atoms with Crippen molar-refractivity contribution in [3.05, 3.63) is 59.2 Å². The molecule has 0 aliphatic rings. The van der Waals surface area contributed by atoms with E-state index in [1.807, 2.05) is 31.2 Å². The van der Waals surface area contributed by atoms with Gasteiger partial charge >= 0.3 is 0 Å². The van der Waals surface area contributed by atoms with Gasteiger partial charge in [0.2, 0.25) is 0 Å². The van der Waals surface area contributed by atoms with E-state index in [0.717, 1.165) is 29.9 Å². The molecule has 112 valence electrons. The van der Waals surface area contributed by atoms with E-state index in [0.29, 0.717) is 0 Å². The molecule has 0 radical (unpaired) electrons. The van der Waals surface area contributed by atoms with Crippen molar-refractivity contribution >= 4 is 0 Å². The van der Waals surface area contributed by atoms with Gasteiger partial charge in [0, 0.05) is 5.69 Å².